The van der Waals surface area contributed by atoms with Crippen LogP contribution in [0.4, 0.5) is 5.69 Å². The van der Waals surface area contributed by atoms with E-state index < -0.39 is 0 Å². The summed E-state index contributed by atoms with van der Waals surface area (Å²) in [6.45, 7) is 4.07. The topological polar surface area (TPSA) is 51.4 Å². The Morgan fingerprint density at radius 2 is 1.86 bits per heavy atom. The molecule has 1 aromatic heterocycles. The van der Waals surface area contributed by atoms with Crippen molar-refractivity contribution >= 4 is 5.69 Å². The van der Waals surface area contributed by atoms with Gasteiger partial charge in [0, 0.05) is 12.6 Å². The highest BCUT2D eigenvalue weighted by molar-refractivity contribution is 5.35. The summed E-state index contributed by atoms with van der Waals surface area (Å²) >= 11 is 0. The van der Waals surface area contributed by atoms with Crippen LogP contribution in [0.5, 0.6) is 5.88 Å². The zero-order valence-corrected chi connectivity index (χ0v) is 12.8. The van der Waals surface area contributed by atoms with Gasteiger partial charge >= 0.3 is 0 Å². The van der Waals surface area contributed by atoms with Crippen LogP contribution in [-0.4, -0.2) is 29.6 Å². The van der Waals surface area contributed by atoms with E-state index in [0.29, 0.717) is 17.5 Å². The molecule has 0 aliphatic carbocycles. The Labute approximate surface area is 131 Å². The van der Waals surface area contributed by atoms with Crippen LogP contribution in [0.25, 0.3) is 0 Å². The Kier molecular flexibility index (Phi) is 4.91. The van der Waals surface area contributed by atoms with Crippen molar-refractivity contribution in [3.63, 3.8) is 0 Å². The van der Waals surface area contributed by atoms with Gasteiger partial charge in [-0.1, -0.05) is 30.3 Å². The fourth-order valence-corrected chi connectivity index (χ4v) is 2.83. The van der Waals surface area contributed by atoms with Crippen LogP contribution in [0.1, 0.15) is 18.4 Å². The molecule has 1 fully saturated rings. The van der Waals surface area contributed by atoms with Gasteiger partial charge in [-0.2, -0.15) is 0 Å². The van der Waals surface area contributed by atoms with Gasteiger partial charge in [0.2, 0.25) is 5.88 Å². The zero-order chi connectivity index (χ0) is 15.2. The Hall–Kier alpha value is -2.07. The van der Waals surface area contributed by atoms with Crippen LogP contribution >= 0.6 is 0 Å². The molecular formula is C18H23N3O. The smallest absolute Gasteiger partial charge is 0.213 e. The number of hydrogen-bond acceptors (Lipinski definition) is 4. The number of piperidine rings is 1. The zero-order valence-electron chi connectivity index (χ0n) is 12.8. The molecular weight excluding hydrogens is 274 g/mol. The summed E-state index contributed by atoms with van der Waals surface area (Å²) in [6, 6.07) is 14.3. The number of aromatic nitrogens is 1. The van der Waals surface area contributed by atoms with Crippen molar-refractivity contribution in [2.45, 2.75) is 19.4 Å². The van der Waals surface area contributed by atoms with Gasteiger partial charge in [0.25, 0.3) is 0 Å². The normalized spacial score (nSPS) is 16.5. The predicted octanol–water partition coefficient (Wildman–Crippen LogP) is 2.95. The first-order chi connectivity index (χ1) is 10.8. The van der Waals surface area contributed by atoms with Gasteiger partial charge in [-0.3, -0.25) is 4.90 Å². The molecule has 4 heteroatoms. The van der Waals surface area contributed by atoms with E-state index >= 15 is 0 Å². The summed E-state index contributed by atoms with van der Waals surface area (Å²) in [4.78, 5) is 6.70. The number of nitrogen functional groups attached to an aromatic ring is 1. The molecule has 2 N–H and O–H groups in total. The van der Waals surface area contributed by atoms with Crippen LogP contribution in [0.3, 0.4) is 0 Å². The van der Waals surface area contributed by atoms with E-state index in [-0.39, 0.29) is 0 Å². The third-order valence-corrected chi connectivity index (χ3v) is 4.18. The van der Waals surface area contributed by atoms with Crippen molar-refractivity contribution in [2.75, 3.05) is 25.4 Å². The van der Waals surface area contributed by atoms with Crippen molar-refractivity contribution in [1.82, 2.24) is 9.88 Å². The van der Waals surface area contributed by atoms with Crippen LogP contribution in [0.2, 0.25) is 0 Å². The molecule has 4 nitrogen and oxygen atoms in total. The lowest BCUT2D eigenvalue weighted by Gasteiger charge is -2.31. The maximum Gasteiger partial charge on any atom is 0.213 e. The number of ether oxygens (including phenoxy) is 1. The lowest BCUT2D eigenvalue weighted by atomic mass is 9.97. The van der Waals surface area contributed by atoms with E-state index in [0.717, 1.165) is 26.2 Å². The minimum absolute atomic E-state index is 0.617. The van der Waals surface area contributed by atoms with E-state index in [1.165, 1.54) is 18.4 Å². The molecule has 0 spiro atoms. The molecule has 1 saturated heterocycles. The number of hydrogen-bond donors (Lipinski definition) is 1. The van der Waals surface area contributed by atoms with Crippen molar-refractivity contribution in [2.24, 2.45) is 5.92 Å². The number of nitrogens with zero attached hydrogens (tertiary/aromatic N) is 2. The van der Waals surface area contributed by atoms with Crippen molar-refractivity contribution in [3.8, 4) is 5.88 Å². The molecule has 0 amide bonds. The van der Waals surface area contributed by atoms with Gasteiger partial charge in [0.1, 0.15) is 0 Å². The molecule has 1 aromatic carbocycles. The summed E-state index contributed by atoms with van der Waals surface area (Å²) in [7, 11) is 0. The van der Waals surface area contributed by atoms with Crippen molar-refractivity contribution < 1.29 is 4.74 Å². The van der Waals surface area contributed by atoms with Crippen molar-refractivity contribution in [3.05, 3.63) is 54.2 Å². The highest BCUT2D eigenvalue weighted by Crippen LogP contribution is 2.20. The minimum atomic E-state index is 0.617. The molecule has 1 aliphatic rings. The number of nitrogens with two attached hydrogens (primary N) is 1. The number of pyridine rings is 1. The first-order valence-electron chi connectivity index (χ1n) is 7.90. The maximum atomic E-state index is 5.77. The average Bonchev–Trinajstić information content (AvgIpc) is 2.57. The van der Waals surface area contributed by atoms with Gasteiger partial charge in [0.05, 0.1) is 18.5 Å². The van der Waals surface area contributed by atoms with E-state index in [1.54, 1.807) is 6.20 Å². The fraction of sp³-hybridized carbons (Fsp3) is 0.389. The van der Waals surface area contributed by atoms with Gasteiger partial charge in [0.15, 0.2) is 0 Å². The van der Waals surface area contributed by atoms with Gasteiger partial charge in [-0.25, -0.2) is 4.98 Å². The monoisotopic (exact) mass is 297 g/mol. The number of rotatable bonds is 5. The highest BCUT2D eigenvalue weighted by Gasteiger charge is 2.19. The summed E-state index contributed by atoms with van der Waals surface area (Å²) in [5.74, 6) is 1.28. The van der Waals surface area contributed by atoms with Crippen LogP contribution < -0.4 is 10.5 Å². The summed E-state index contributed by atoms with van der Waals surface area (Å²) < 4.78 is 5.77. The van der Waals surface area contributed by atoms with E-state index in [1.807, 2.05) is 12.1 Å². The second kappa shape index (κ2) is 7.27. The third-order valence-electron chi connectivity index (χ3n) is 4.18. The number of benzene rings is 1. The Morgan fingerprint density at radius 1 is 1.09 bits per heavy atom. The standard InChI is InChI=1S/C18H23N3O/c19-17-6-7-18(20-12-17)22-14-16-8-10-21(11-9-16)13-15-4-2-1-3-5-15/h1-7,12,16H,8-11,13-14,19H2. The molecule has 1 aliphatic heterocycles. The van der Waals surface area contributed by atoms with Crippen molar-refractivity contribution in [1.29, 1.82) is 0 Å². The van der Waals surface area contributed by atoms with Crippen LogP contribution in [0, 0.1) is 5.92 Å². The fourth-order valence-electron chi connectivity index (χ4n) is 2.83. The molecule has 0 saturated carbocycles. The van der Waals surface area contributed by atoms with E-state index in [4.69, 9.17) is 10.5 Å². The second-order valence-electron chi connectivity index (χ2n) is 5.95. The SMILES string of the molecule is Nc1ccc(OCC2CCN(Cc3ccccc3)CC2)nc1. The number of likely N-dealkylation sites (tertiary alicyclic amines) is 1. The first-order valence-corrected chi connectivity index (χ1v) is 7.90. The molecule has 2 aromatic rings. The average molecular weight is 297 g/mol. The van der Waals surface area contributed by atoms with E-state index in [2.05, 4.69) is 40.2 Å². The third kappa shape index (κ3) is 4.21. The van der Waals surface area contributed by atoms with Crippen LogP contribution in [0.15, 0.2) is 48.7 Å². The molecule has 116 valence electrons. The molecule has 0 bridgehead atoms. The molecule has 22 heavy (non-hydrogen) atoms. The lowest BCUT2D eigenvalue weighted by Crippen LogP contribution is -2.35. The molecule has 3 rings (SSSR count). The maximum absolute atomic E-state index is 5.77. The quantitative estimate of drug-likeness (QED) is 0.922. The Morgan fingerprint density at radius 3 is 2.55 bits per heavy atom. The van der Waals surface area contributed by atoms with Gasteiger partial charge < -0.3 is 10.5 Å². The molecule has 0 radical (unpaired) electrons. The van der Waals surface area contributed by atoms with E-state index in [9.17, 15) is 0 Å². The Balaban J connectivity index is 1.41. The summed E-state index contributed by atoms with van der Waals surface area (Å²) in [5, 5.41) is 0. The molecule has 2 heterocycles. The minimum Gasteiger partial charge on any atom is -0.477 e. The largest absolute Gasteiger partial charge is 0.477 e. The first kappa shape index (κ1) is 14.9. The summed E-state index contributed by atoms with van der Waals surface area (Å²) in [6.07, 6.45) is 4.00. The molecule has 0 unspecified atom stereocenters. The Bertz CT molecular complexity index is 563. The lowest BCUT2D eigenvalue weighted by molar-refractivity contribution is 0.134. The van der Waals surface area contributed by atoms with Gasteiger partial charge in [-0.15, -0.1) is 0 Å². The number of anilines is 1. The second-order valence-corrected chi connectivity index (χ2v) is 5.95. The van der Waals surface area contributed by atoms with Crippen LogP contribution in [-0.2, 0) is 6.54 Å². The molecule has 0 atom stereocenters. The highest BCUT2D eigenvalue weighted by atomic mass is 16.5. The summed E-state index contributed by atoms with van der Waals surface area (Å²) in [5.41, 5.74) is 7.68. The van der Waals surface area contributed by atoms with Gasteiger partial charge in [-0.05, 0) is 43.5 Å². The predicted molar refractivity (Wildman–Crippen MR) is 88.6 cm³/mol.